The van der Waals surface area contributed by atoms with E-state index in [1.165, 1.54) is 0 Å². The Morgan fingerprint density at radius 2 is 2.12 bits per heavy atom. The van der Waals surface area contributed by atoms with Crippen LogP contribution in [0, 0.1) is 5.92 Å². The number of ether oxygens (including phenoxy) is 1. The van der Waals surface area contributed by atoms with E-state index in [1.807, 2.05) is 20.0 Å². The molecule has 0 saturated heterocycles. The Hall–Kier alpha value is -0.940. The van der Waals surface area contributed by atoms with Crippen molar-refractivity contribution in [2.24, 2.45) is 5.92 Å². The lowest BCUT2D eigenvalue weighted by Crippen LogP contribution is -2.18. The molecule has 1 N–H and O–H groups in total. The molecule has 4 atom stereocenters. The van der Waals surface area contributed by atoms with Gasteiger partial charge in [0.25, 0.3) is 0 Å². The maximum atomic E-state index is 6.05. The highest BCUT2D eigenvalue weighted by atomic mass is 31.2. The topological polar surface area (TPSA) is 65.6 Å². The van der Waals surface area contributed by atoms with Crippen LogP contribution in [0.1, 0.15) is 46.9 Å². The number of aromatic amines is 1. The lowest BCUT2D eigenvalue weighted by Gasteiger charge is -2.22. The Morgan fingerprint density at radius 3 is 2.71 bits per heavy atom. The van der Waals surface area contributed by atoms with E-state index in [0.717, 1.165) is 18.0 Å². The van der Waals surface area contributed by atoms with E-state index in [-0.39, 0.29) is 18.3 Å². The highest BCUT2D eigenvalue weighted by Gasteiger charge is 2.32. The molecule has 1 aromatic rings. The minimum atomic E-state index is -1.45. The molecule has 0 aliphatic carbocycles. The largest absolute Gasteiger partial charge is 0.429 e. The molecule has 1 aliphatic heterocycles. The van der Waals surface area contributed by atoms with Gasteiger partial charge in [-0.05, 0) is 32.3 Å². The van der Waals surface area contributed by atoms with Crippen molar-refractivity contribution in [2.75, 3.05) is 6.61 Å². The lowest BCUT2D eigenvalue weighted by atomic mass is 10.1. The Labute approximate surface area is 145 Å². The number of nitrogens with zero attached hydrogens (tertiary/aromatic N) is 1. The number of nitrogens with one attached hydrogen (secondary N) is 1. The van der Waals surface area contributed by atoms with Crippen molar-refractivity contribution in [1.29, 1.82) is 0 Å². The van der Waals surface area contributed by atoms with Gasteiger partial charge in [-0.2, -0.15) is 0 Å². The molecule has 1 aliphatic rings. The van der Waals surface area contributed by atoms with Crippen LogP contribution in [0.2, 0.25) is 0 Å². The zero-order chi connectivity index (χ0) is 17.5. The molecular weight excluding hydrogens is 327 g/mol. The maximum Gasteiger partial charge on any atom is 0.397 e. The van der Waals surface area contributed by atoms with E-state index in [9.17, 15) is 0 Å². The fraction of sp³-hybridized carbons (Fsp3) is 0.706. The molecular formula is C17H29N2O4P. The predicted octanol–water partition coefficient (Wildman–Crippen LogP) is 4.35. The van der Waals surface area contributed by atoms with E-state index in [4.69, 9.17) is 18.3 Å². The first-order chi connectivity index (χ1) is 11.5. The van der Waals surface area contributed by atoms with Gasteiger partial charge in [-0.3, -0.25) is 4.52 Å². The van der Waals surface area contributed by atoms with E-state index < -0.39 is 8.60 Å². The molecule has 0 aromatic carbocycles. The first-order valence-corrected chi connectivity index (χ1v) is 9.76. The van der Waals surface area contributed by atoms with Crippen LogP contribution in [0.3, 0.4) is 0 Å². The fourth-order valence-electron chi connectivity index (χ4n) is 2.44. The van der Waals surface area contributed by atoms with Crippen LogP contribution in [0.4, 0.5) is 0 Å². The molecule has 2 rings (SSSR count). The summed E-state index contributed by atoms with van der Waals surface area (Å²) in [4.78, 5) is 7.31. The number of rotatable bonds is 10. The summed E-state index contributed by atoms with van der Waals surface area (Å²) in [7, 11) is -1.45. The van der Waals surface area contributed by atoms with Crippen LogP contribution in [-0.4, -0.2) is 34.9 Å². The summed E-state index contributed by atoms with van der Waals surface area (Å²) in [5.41, 5.74) is 0. The van der Waals surface area contributed by atoms with Gasteiger partial charge in [0.1, 0.15) is 17.7 Å². The van der Waals surface area contributed by atoms with Crippen molar-refractivity contribution in [2.45, 2.75) is 65.8 Å². The molecule has 0 saturated carbocycles. The molecule has 0 radical (unpaired) electrons. The first-order valence-electron chi connectivity index (χ1n) is 8.66. The minimum Gasteiger partial charge on any atom is -0.429 e. The zero-order valence-corrected chi connectivity index (χ0v) is 16.1. The van der Waals surface area contributed by atoms with Gasteiger partial charge in [-0.15, -0.1) is 0 Å². The molecule has 24 heavy (non-hydrogen) atoms. The van der Waals surface area contributed by atoms with Gasteiger partial charge < -0.3 is 18.8 Å². The van der Waals surface area contributed by atoms with Gasteiger partial charge >= 0.3 is 8.60 Å². The van der Waals surface area contributed by atoms with Gasteiger partial charge in [0.2, 0.25) is 0 Å². The average molecular weight is 356 g/mol. The summed E-state index contributed by atoms with van der Waals surface area (Å²) in [5, 5.41) is 0. The van der Waals surface area contributed by atoms with E-state index in [0.29, 0.717) is 18.9 Å². The van der Waals surface area contributed by atoms with Crippen LogP contribution in [0.5, 0.6) is 0 Å². The second kappa shape index (κ2) is 9.52. The van der Waals surface area contributed by atoms with Crippen molar-refractivity contribution in [3.8, 4) is 0 Å². The van der Waals surface area contributed by atoms with Gasteiger partial charge in [0.15, 0.2) is 0 Å². The van der Waals surface area contributed by atoms with E-state index >= 15 is 0 Å². The Morgan fingerprint density at radius 1 is 1.33 bits per heavy atom. The summed E-state index contributed by atoms with van der Waals surface area (Å²) < 4.78 is 23.7. The molecule has 7 heteroatoms. The van der Waals surface area contributed by atoms with Crippen molar-refractivity contribution in [1.82, 2.24) is 9.97 Å². The second-order valence-corrected chi connectivity index (χ2v) is 7.30. The summed E-state index contributed by atoms with van der Waals surface area (Å²) in [6.07, 6.45) is 7.17. The molecule has 136 valence electrons. The van der Waals surface area contributed by atoms with E-state index in [1.54, 1.807) is 6.20 Å². The number of aromatic nitrogens is 2. The van der Waals surface area contributed by atoms with Crippen molar-refractivity contribution in [3.05, 3.63) is 30.1 Å². The van der Waals surface area contributed by atoms with Gasteiger partial charge in [-0.25, -0.2) is 4.98 Å². The molecule has 0 amide bonds. The molecule has 2 heterocycles. The SMILES string of the molecule is CCOP(OC1=CC(C(C)C)OC1CC)OC(C)Cc1ncc[nH]1. The third-order valence-corrected chi connectivity index (χ3v) is 5.07. The standard InChI is InChI=1S/C17H29N2O4P/c1-6-14-16(11-15(21-14)12(3)4)23-24(20-7-2)22-13(5)10-17-18-8-9-19-17/h8-9,11-15H,6-7,10H2,1-5H3,(H,18,19). The number of hydrogen-bond donors (Lipinski definition) is 1. The molecule has 6 nitrogen and oxygen atoms in total. The lowest BCUT2D eigenvalue weighted by molar-refractivity contribution is 0.0160. The monoisotopic (exact) mass is 356 g/mol. The van der Waals surface area contributed by atoms with Crippen LogP contribution in [0.15, 0.2) is 24.2 Å². The molecule has 0 fully saturated rings. The van der Waals surface area contributed by atoms with Gasteiger partial charge in [-0.1, -0.05) is 20.8 Å². The Bertz CT molecular complexity index is 507. The minimum absolute atomic E-state index is 0.0214. The molecule has 0 spiro atoms. The van der Waals surface area contributed by atoms with Gasteiger partial charge in [0, 0.05) is 18.8 Å². The average Bonchev–Trinajstić information content (AvgIpc) is 3.16. The third kappa shape index (κ3) is 5.55. The van der Waals surface area contributed by atoms with Crippen LogP contribution >= 0.6 is 8.60 Å². The van der Waals surface area contributed by atoms with E-state index in [2.05, 4.69) is 36.8 Å². The summed E-state index contributed by atoms with van der Waals surface area (Å²) in [6, 6.07) is 0. The molecule has 0 bridgehead atoms. The maximum absolute atomic E-state index is 6.05. The van der Waals surface area contributed by atoms with Crippen molar-refractivity contribution < 1.29 is 18.3 Å². The third-order valence-electron chi connectivity index (χ3n) is 3.71. The summed E-state index contributed by atoms with van der Waals surface area (Å²) >= 11 is 0. The quantitative estimate of drug-likeness (QED) is 0.631. The molecule has 1 aromatic heterocycles. The zero-order valence-electron chi connectivity index (χ0n) is 15.2. The van der Waals surface area contributed by atoms with Crippen molar-refractivity contribution in [3.63, 3.8) is 0 Å². The highest BCUT2D eigenvalue weighted by Crippen LogP contribution is 2.46. The number of imidazole rings is 1. The van der Waals surface area contributed by atoms with Crippen LogP contribution in [-0.2, 0) is 24.7 Å². The number of hydrogen-bond acceptors (Lipinski definition) is 5. The summed E-state index contributed by atoms with van der Waals surface area (Å²) in [6.45, 7) is 10.8. The Kier molecular flexibility index (Phi) is 7.69. The highest BCUT2D eigenvalue weighted by molar-refractivity contribution is 7.41. The fourth-order valence-corrected chi connectivity index (χ4v) is 3.52. The smallest absolute Gasteiger partial charge is 0.397 e. The Balaban J connectivity index is 1.95. The molecule has 4 unspecified atom stereocenters. The normalized spacial score (nSPS) is 23.3. The number of H-pyrrole nitrogens is 1. The first kappa shape index (κ1) is 19.4. The second-order valence-electron chi connectivity index (χ2n) is 6.20. The van der Waals surface area contributed by atoms with Gasteiger partial charge in [0.05, 0.1) is 18.8 Å². The predicted molar refractivity (Wildman–Crippen MR) is 94.3 cm³/mol. The van der Waals surface area contributed by atoms with Crippen molar-refractivity contribution >= 4 is 8.60 Å². The van der Waals surface area contributed by atoms with Crippen LogP contribution in [0.25, 0.3) is 0 Å². The van der Waals surface area contributed by atoms with Crippen LogP contribution < -0.4 is 0 Å². The summed E-state index contributed by atoms with van der Waals surface area (Å²) in [5.74, 6) is 2.14.